The lowest BCUT2D eigenvalue weighted by atomic mass is 9.84. The van der Waals surface area contributed by atoms with Crippen LogP contribution in [0.4, 0.5) is 9.59 Å². The van der Waals surface area contributed by atoms with Gasteiger partial charge >= 0.3 is 18.2 Å². The fourth-order valence-electron chi connectivity index (χ4n) is 6.39. The molecule has 5 rings (SSSR count). The Morgan fingerprint density at radius 2 is 1.14 bits per heavy atom. The van der Waals surface area contributed by atoms with Gasteiger partial charge in [-0.2, -0.15) is 0 Å². The molecule has 11 heteroatoms. The molecule has 56 heavy (non-hydrogen) atoms. The number of rotatable bonds is 15. The number of ether oxygens (including phenoxy) is 2. The van der Waals surface area contributed by atoms with Gasteiger partial charge < -0.3 is 24.8 Å². The zero-order valence-electron chi connectivity index (χ0n) is 31.4. The first-order valence-electron chi connectivity index (χ1n) is 18.4. The maximum absolute atomic E-state index is 15.0. The van der Waals surface area contributed by atoms with E-state index in [-0.39, 0.29) is 44.5 Å². The molecule has 0 aliphatic rings. The molecule has 0 heterocycles. The van der Waals surface area contributed by atoms with Crippen molar-refractivity contribution < 1.29 is 33.8 Å². The minimum absolute atomic E-state index is 0.0187. The Balaban J connectivity index is 1.37. The van der Waals surface area contributed by atoms with Gasteiger partial charge in [-0.05, 0) is 54.5 Å². The van der Waals surface area contributed by atoms with E-state index in [4.69, 9.17) is 9.47 Å². The van der Waals surface area contributed by atoms with Crippen LogP contribution in [0.25, 0.3) is 0 Å². The van der Waals surface area contributed by atoms with Crippen molar-refractivity contribution in [2.24, 2.45) is 4.99 Å². The molecule has 1 atom stereocenters. The molecule has 0 saturated carbocycles. The summed E-state index contributed by atoms with van der Waals surface area (Å²) in [6.07, 6.45) is -1.61. The Kier molecular flexibility index (Phi) is 14.5. The van der Waals surface area contributed by atoms with E-state index in [9.17, 15) is 19.5 Å². The molecule has 0 aliphatic carbocycles. The largest absolute Gasteiger partial charge is 0.480 e. The molecule has 3 amide bonds. The molecule has 5 aromatic rings. The molecule has 0 aromatic heterocycles. The fourth-order valence-corrected chi connectivity index (χ4v) is 6.39. The lowest BCUT2D eigenvalue weighted by Crippen LogP contribution is -2.56. The van der Waals surface area contributed by atoms with Gasteiger partial charge in [-0.3, -0.25) is 10.1 Å². The quantitative estimate of drug-likeness (QED) is 0.0553. The van der Waals surface area contributed by atoms with E-state index in [2.05, 4.69) is 15.6 Å². The standard InChI is InChI=1S/C45H46N4O7/c1-45(2,37-27-16-7-17-28-37)49(40(50)39(35-23-12-5-13-24-35)36-25-14-6-15-26-36)38(41(51)52)29-18-30-46-42(47-43(53)55-31-33-19-8-3-9-20-33)48-44(54)56-32-34-21-10-4-11-22-34/h3-17,19-28,38-39H,18,29-32H2,1-2H3,(H,51,52)(H2,46,47,48,53,54)/t38-/m0/s1. The van der Waals surface area contributed by atoms with E-state index in [0.29, 0.717) is 0 Å². The molecule has 288 valence electrons. The van der Waals surface area contributed by atoms with Crippen LogP contribution < -0.4 is 10.6 Å². The normalized spacial score (nSPS) is 11.9. The second kappa shape index (κ2) is 20.1. The molecule has 5 aromatic carbocycles. The molecule has 0 saturated heterocycles. The minimum Gasteiger partial charge on any atom is -0.480 e. The Morgan fingerprint density at radius 3 is 1.64 bits per heavy atom. The predicted molar refractivity (Wildman–Crippen MR) is 214 cm³/mol. The molecule has 0 unspecified atom stereocenters. The molecule has 0 radical (unpaired) electrons. The third-order valence-corrected chi connectivity index (χ3v) is 9.22. The van der Waals surface area contributed by atoms with E-state index in [1.807, 2.05) is 141 Å². The summed E-state index contributed by atoms with van der Waals surface area (Å²) in [4.78, 5) is 59.2. The third-order valence-electron chi connectivity index (χ3n) is 9.22. The highest BCUT2D eigenvalue weighted by molar-refractivity contribution is 5.98. The summed E-state index contributed by atoms with van der Waals surface area (Å²) in [5.74, 6) is -2.57. The van der Waals surface area contributed by atoms with Gasteiger partial charge in [0.25, 0.3) is 0 Å². The van der Waals surface area contributed by atoms with Crippen LogP contribution in [-0.4, -0.2) is 52.6 Å². The van der Waals surface area contributed by atoms with Crippen molar-refractivity contribution in [1.29, 1.82) is 0 Å². The number of carbonyl (C=O) groups excluding carboxylic acids is 3. The highest BCUT2D eigenvalue weighted by Crippen LogP contribution is 2.37. The van der Waals surface area contributed by atoms with E-state index < -0.39 is 35.7 Å². The van der Waals surface area contributed by atoms with Crippen LogP contribution in [0, 0.1) is 0 Å². The van der Waals surface area contributed by atoms with Crippen LogP contribution in [0.1, 0.15) is 60.4 Å². The first-order valence-corrected chi connectivity index (χ1v) is 18.4. The number of benzene rings is 5. The van der Waals surface area contributed by atoms with Gasteiger partial charge in [0, 0.05) is 6.54 Å². The zero-order valence-corrected chi connectivity index (χ0v) is 31.4. The maximum atomic E-state index is 15.0. The maximum Gasteiger partial charge on any atom is 0.437 e. The number of hydrogen-bond acceptors (Lipinski definition) is 6. The summed E-state index contributed by atoms with van der Waals surface area (Å²) in [7, 11) is 0. The van der Waals surface area contributed by atoms with Crippen LogP contribution in [0.5, 0.6) is 0 Å². The van der Waals surface area contributed by atoms with Gasteiger partial charge in [-0.25, -0.2) is 14.4 Å². The summed E-state index contributed by atoms with van der Waals surface area (Å²) in [5, 5.41) is 16.2. The lowest BCUT2D eigenvalue weighted by Gasteiger charge is -2.44. The van der Waals surface area contributed by atoms with E-state index >= 15 is 4.79 Å². The third kappa shape index (κ3) is 11.4. The van der Waals surface area contributed by atoms with Crippen molar-refractivity contribution >= 4 is 30.0 Å². The van der Waals surface area contributed by atoms with E-state index in [1.165, 1.54) is 4.90 Å². The Hall–Kier alpha value is -6.75. The molecule has 0 spiro atoms. The smallest absolute Gasteiger partial charge is 0.437 e. The molecule has 3 N–H and O–H groups in total. The molecular formula is C45H46N4O7. The number of nitrogens with one attached hydrogen (secondary N) is 2. The number of alkyl carbamates (subject to hydrolysis) is 1. The van der Waals surface area contributed by atoms with Gasteiger partial charge in [-0.15, -0.1) is 4.99 Å². The Bertz CT molecular complexity index is 2010. The van der Waals surface area contributed by atoms with Gasteiger partial charge in [0.2, 0.25) is 11.9 Å². The summed E-state index contributed by atoms with van der Waals surface area (Å²) in [6, 6.07) is 44.8. The topological polar surface area (TPSA) is 147 Å². The van der Waals surface area contributed by atoms with Crippen molar-refractivity contribution in [3.05, 3.63) is 179 Å². The van der Waals surface area contributed by atoms with Gasteiger partial charge in [0.05, 0.1) is 11.5 Å². The monoisotopic (exact) mass is 754 g/mol. The highest BCUT2D eigenvalue weighted by Gasteiger charge is 2.43. The number of aliphatic imine (C=N–C) groups is 1. The number of carboxylic acid groups (broad SMARTS) is 1. The first-order chi connectivity index (χ1) is 27.1. The zero-order chi connectivity index (χ0) is 39.8. The summed E-state index contributed by atoms with van der Waals surface area (Å²) < 4.78 is 10.6. The number of carbonyl (C=O) groups is 4. The molecular weight excluding hydrogens is 709 g/mol. The van der Waals surface area contributed by atoms with Crippen molar-refractivity contribution in [3.8, 4) is 0 Å². The summed E-state index contributed by atoms with van der Waals surface area (Å²) in [6.45, 7) is 3.70. The van der Waals surface area contributed by atoms with Crippen molar-refractivity contribution in [3.63, 3.8) is 0 Å². The first kappa shape index (κ1) is 40.4. The van der Waals surface area contributed by atoms with E-state index in [0.717, 1.165) is 27.8 Å². The lowest BCUT2D eigenvalue weighted by molar-refractivity contribution is -0.157. The average Bonchev–Trinajstić information content (AvgIpc) is 3.22. The van der Waals surface area contributed by atoms with Gasteiger partial charge in [0.15, 0.2) is 0 Å². The number of amides is 3. The van der Waals surface area contributed by atoms with Crippen LogP contribution in [0.3, 0.4) is 0 Å². The molecule has 11 nitrogen and oxygen atoms in total. The number of hydrogen-bond donors (Lipinski definition) is 3. The van der Waals surface area contributed by atoms with Crippen molar-refractivity contribution in [2.75, 3.05) is 6.54 Å². The van der Waals surface area contributed by atoms with Gasteiger partial charge in [0.1, 0.15) is 19.3 Å². The van der Waals surface area contributed by atoms with Crippen molar-refractivity contribution in [2.45, 2.75) is 57.4 Å². The summed E-state index contributed by atoms with van der Waals surface area (Å²) in [5.41, 5.74) is 2.67. The minimum atomic E-state index is -1.27. The van der Waals surface area contributed by atoms with Crippen LogP contribution in [-0.2, 0) is 37.8 Å². The second-order valence-electron chi connectivity index (χ2n) is 13.5. The predicted octanol–water partition coefficient (Wildman–Crippen LogP) is 8.02. The van der Waals surface area contributed by atoms with E-state index in [1.54, 1.807) is 24.3 Å². The van der Waals surface area contributed by atoms with Gasteiger partial charge in [-0.1, -0.05) is 152 Å². The highest BCUT2D eigenvalue weighted by atomic mass is 16.6. The van der Waals surface area contributed by atoms with Crippen LogP contribution in [0.2, 0.25) is 0 Å². The molecule has 0 aliphatic heterocycles. The number of carboxylic acids is 1. The fraction of sp³-hybridized carbons (Fsp3) is 0.222. The SMILES string of the molecule is CC(C)(c1ccccc1)N(C(=O)C(c1ccccc1)c1ccccc1)[C@@H](CCCNC(=NC(=O)OCc1ccccc1)NC(=O)OCc1ccccc1)C(=O)O. The van der Waals surface area contributed by atoms with Crippen molar-refractivity contribution in [1.82, 2.24) is 15.5 Å². The number of aliphatic carboxylic acids is 1. The summed E-state index contributed by atoms with van der Waals surface area (Å²) >= 11 is 0. The van der Waals surface area contributed by atoms with Crippen LogP contribution in [0.15, 0.2) is 157 Å². The number of nitrogens with zero attached hydrogens (tertiary/aromatic N) is 2. The average molecular weight is 755 g/mol. The Morgan fingerprint density at radius 1 is 0.679 bits per heavy atom. The molecule has 0 fully saturated rings. The van der Waals surface area contributed by atoms with Crippen LogP contribution >= 0.6 is 0 Å². The second-order valence-corrected chi connectivity index (χ2v) is 13.5. The molecule has 0 bridgehead atoms. The number of guanidine groups is 1. The Labute approximate surface area is 327 Å².